The van der Waals surface area contributed by atoms with E-state index in [0.717, 1.165) is 27.3 Å². The fourth-order valence-electron chi connectivity index (χ4n) is 2.42. The fraction of sp³-hybridized carbons (Fsp3) is 0.353. The molecule has 0 aliphatic rings. The van der Waals surface area contributed by atoms with Gasteiger partial charge in [-0.3, -0.25) is 0 Å². The van der Waals surface area contributed by atoms with Crippen molar-refractivity contribution < 1.29 is 14.3 Å². The van der Waals surface area contributed by atoms with E-state index < -0.39 is 0 Å². The number of nitrogen functional groups attached to an aromatic ring is 1. The van der Waals surface area contributed by atoms with Gasteiger partial charge in [0.1, 0.15) is 16.3 Å². The summed E-state index contributed by atoms with van der Waals surface area (Å²) in [6.07, 6.45) is -0.183. The van der Waals surface area contributed by atoms with Gasteiger partial charge in [-0.05, 0) is 51.0 Å². The lowest BCUT2D eigenvalue weighted by atomic mass is 9.99. The van der Waals surface area contributed by atoms with E-state index >= 15 is 0 Å². The summed E-state index contributed by atoms with van der Waals surface area (Å²) in [7, 11) is 1.64. The highest BCUT2D eigenvalue weighted by molar-refractivity contribution is 7.16. The number of esters is 1. The summed E-state index contributed by atoms with van der Waals surface area (Å²) < 4.78 is 10.6. The van der Waals surface area contributed by atoms with Gasteiger partial charge in [-0.1, -0.05) is 6.07 Å². The minimum atomic E-state index is -0.375. The highest BCUT2D eigenvalue weighted by atomic mass is 32.1. The summed E-state index contributed by atoms with van der Waals surface area (Å²) in [5, 5.41) is 0.492. The maximum atomic E-state index is 12.4. The average molecular weight is 319 g/mol. The average Bonchev–Trinajstić information content (AvgIpc) is 2.72. The van der Waals surface area contributed by atoms with Crippen molar-refractivity contribution in [1.29, 1.82) is 0 Å². The summed E-state index contributed by atoms with van der Waals surface area (Å²) in [5.74, 6) is 0.441. The standard InChI is InChI=1S/C17H21NO3S/c1-9(2)21-17(19)15-14(11(4)22-16(15)18)12-6-7-13(20-5)10(3)8-12/h6-9H,18H2,1-5H3. The molecule has 0 spiro atoms. The summed E-state index contributed by atoms with van der Waals surface area (Å²) >= 11 is 1.41. The van der Waals surface area contributed by atoms with Crippen LogP contribution < -0.4 is 10.5 Å². The number of ether oxygens (including phenoxy) is 2. The predicted octanol–water partition coefficient (Wildman–Crippen LogP) is 4.19. The summed E-state index contributed by atoms with van der Waals surface area (Å²) in [5.41, 5.74) is 9.30. The summed E-state index contributed by atoms with van der Waals surface area (Å²) in [6, 6.07) is 5.83. The molecule has 0 radical (unpaired) electrons. The van der Waals surface area contributed by atoms with Gasteiger partial charge in [0.15, 0.2) is 0 Å². The van der Waals surface area contributed by atoms with Crippen LogP contribution in [0.3, 0.4) is 0 Å². The molecule has 0 aliphatic carbocycles. The van der Waals surface area contributed by atoms with E-state index in [4.69, 9.17) is 15.2 Å². The Bertz CT molecular complexity index is 704. The Kier molecular flexibility index (Phi) is 4.76. The monoisotopic (exact) mass is 319 g/mol. The molecule has 2 N–H and O–H groups in total. The van der Waals surface area contributed by atoms with Gasteiger partial charge >= 0.3 is 5.97 Å². The highest BCUT2D eigenvalue weighted by Crippen LogP contribution is 2.39. The van der Waals surface area contributed by atoms with Crippen LogP contribution in [0.25, 0.3) is 11.1 Å². The van der Waals surface area contributed by atoms with Crippen LogP contribution in [0.2, 0.25) is 0 Å². The third-order valence-corrected chi connectivity index (χ3v) is 4.28. The van der Waals surface area contributed by atoms with Crippen LogP contribution in [0.5, 0.6) is 5.75 Å². The molecular weight excluding hydrogens is 298 g/mol. The van der Waals surface area contributed by atoms with Crippen molar-refractivity contribution in [3.8, 4) is 16.9 Å². The quantitative estimate of drug-likeness (QED) is 0.858. The molecule has 118 valence electrons. The van der Waals surface area contributed by atoms with Crippen LogP contribution in [0.1, 0.15) is 34.6 Å². The van der Waals surface area contributed by atoms with Gasteiger partial charge in [-0.15, -0.1) is 11.3 Å². The van der Waals surface area contributed by atoms with E-state index in [2.05, 4.69) is 0 Å². The second-order valence-corrected chi connectivity index (χ2v) is 6.67. The molecule has 0 unspecified atom stereocenters. The number of hydrogen-bond acceptors (Lipinski definition) is 5. The van der Waals surface area contributed by atoms with Crippen LogP contribution in [0.15, 0.2) is 18.2 Å². The molecule has 0 bridgehead atoms. The number of rotatable bonds is 4. The van der Waals surface area contributed by atoms with E-state index in [1.165, 1.54) is 11.3 Å². The van der Waals surface area contributed by atoms with Crippen molar-refractivity contribution >= 4 is 22.3 Å². The van der Waals surface area contributed by atoms with Crippen LogP contribution in [-0.4, -0.2) is 19.2 Å². The first-order valence-corrected chi connectivity index (χ1v) is 7.91. The highest BCUT2D eigenvalue weighted by Gasteiger charge is 2.24. The van der Waals surface area contributed by atoms with E-state index in [0.29, 0.717) is 10.6 Å². The first-order chi connectivity index (χ1) is 10.3. The minimum absolute atomic E-state index is 0.183. The number of hydrogen-bond donors (Lipinski definition) is 1. The van der Waals surface area contributed by atoms with E-state index in [1.807, 2.05) is 45.9 Å². The van der Waals surface area contributed by atoms with Gasteiger partial charge in [-0.2, -0.15) is 0 Å². The molecule has 0 saturated carbocycles. The van der Waals surface area contributed by atoms with Crippen LogP contribution in [-0.2, 0) is 4.74 Å². The lowest BCUT2D eigenvalue weighted by Crippen LogP contribution is -2.13. The maximum absolute atomic E-state index is 12.4. The molecule has 1 aromatic heterocycles. The van der Waals surface area contributed by atoms with Gasteiger partial charge in [-0.25, -0.2) is 4.79 Å². The third kappa shape index (κ3) is 3.09. The Hall–Kier alpha value is -2.01. The van der Waals surface area contributed by atoms with Gasteiger partial charge in [0.2, 0.25) is 0 Å². The second kappa shape index (κ2) is 6.40. The van der Waals surface area contributed by atoms with Crippen LogP contribution in [0.4, 0.5) is 5.00 Å². The number of aryl methyl sites for hydroxylation is 2. The van der Waals surface area contributed by atoms with Crippen LogP contribution >= 0.6 is 11.3 Å². The van der Waals surface area contributed by atoms with E-state index in [1.54, 1.807) is 7.11 Å². The molecule has 1 aromatic carbocycles. The van der Waals surface area contributed by atoms with Gasteiger partial charge in [0, 0.05) is 10.4 Å². The topological polar surface area (TPSA) is 61.5 Å². The first kappa shape index (κ1) is 16.4. The SMILES string of the molecule is COc1ccc(-c2c(C)sc(N)c2C(=O)OC(C)C)cc1C. The molecule has 0 amide bonds. The molecule has 0 atom stereocenters. The molecule has 4 nitrogen and oxygen atoms in total. The number of methoxy groups -OCH3 is 1. The van der Waals surface area contributed by atoms with Gasteiger partial charge < -0.3 is 15.2 Å². The molecule has 5 heteroatoms. The lowest BCUT2D eigenvalue weighted by Gasteiger charge is -2.12. The Morgan fingerprint density at radius 2 is 1.95 bits per heavy atom. The number of nitrogens with two attached hydrogens (primary N) is 1. The Labute approximate surface area is 134 Å². The maximum Gasteiger partial charge on any atom is 0.342 e. The number of benzene rings is 1. The zero-order valence-corrected chi connectivity index (χ0v) is 14.3. The van der Waals surface area contributed by atoms with E-state index in [-0.39, 0.29) is 12.1 Å². The summed E-state index contributed by atoms with van der Waals surface area (Å²) in [4.78, 5) is 13.4. The molecule has 22 heavy (non-hydrogen) atoms. The number of anilines is 1. The lowest BCUT2D eigenvalue weighted by molar-refractivity contribution is 0.0380. The van der Waals surface area contributed by atoms with Crippen molar-refractivity contribution in [2.75, 3.05) is 12.8 Å². The second-order valence-electron chi connectivity index (χ2n) is 5.41. The van der Waals surface area contributed by atoms with Crippen molar-refractivity contribution in [2.24, 2.45) is 0 Å². The normalized spacial score (nSPS) is 10.8. The number of carbonyl (C=O) groups is 1. The molecule has 0 aliphatic heterocycles. The molecule has 0 saturated heterocycles. The molecule has 1 heterocycles. The smallest absolute Gasteiger partial charge is 0.342 e. The van der Waals surface area contributed by atoms with E-state index in [9.17, 15) is 4.79 Å². The fourth-order valence-corrected chi connectivity index (χ4v) is 3.36. The Balaban J connectivity index is 2.55. The van der Waals surface area contributed by atoms with Gasteiger partial charge in [0.05, 0.1) is 13.2 Å². The van der Waals surface area contributed by atoms with Crippen molar-refractivity contribution in [2.45, 2.75) is 33.8 Å². The zero-order valence-electron chi connectivity index (χ0n) is 13.5. The largest absolute Gasteiger partial charge is 0.496 e. The molecule has 2 rings (SSSR count). The third-order valence-electron chi connectivity index (χ3n) is 3.34. The Morgan fingerprint density at radius 3 is 2.50 bits per heavy atom. The van der Waals surface area contributed by atoms with Crippen molar-refractivity contribution in [3.05, 3.63) is 34.2 Å². The zero-order chi connectivity index (χ0) is 16.4. The first-order valence-electron chi connectivity index (χ1n) is 7.10. The Morgan fingerprint density at radius 1 is 1.27 bits per heavy atom. The van der Waals surface area contributed by atoms with Crippen molar-refractivity contribution in [1.82, 2.24) is 0 Å². The number of thiophene rings is 1. The predicted molar refractivity (Wildman–Crippen MR) is 90.7 cm³/mol. The number of carbonyl (C=O) groups excluding carboxylic acids is 1. The van der Waals surface area contributed by atoms with Crippen LogP contribution in [0, 0.1) is 13.8 Å². The molecule has 2 aromatic rings. The van der Waals surface area contributed by atoms with Crippen molar-refractivity contribution in [3.63, 3.8) is 0 Å². The molecular formula is C17H21NO3S. The van der Waals surface area contributed by atoms with Gasteiger partial charge in [0.25, 0.3) is 0 Å². The minimum Gasteiger partial charge on any atom is -0.496 e. The molecule has 0 fully saturated rings. The summed E-state index contributed by atoms with van der Waals surface area (Å²) in [6.45, 7) is 7.58.